The quantitative estimate of drug-likeness (QED) is 0.640. The summed E-state index contributed by atoms with van der Waals surface area (Å²) < 4.78 is 0. The van der Waals surface area contributed by atoms with E-state index in [0.717, 1.165) is 12.1 Å². The standard InChI is InChI=1S/C14H10N2O6/c15-11(17)7-3-1-6-5(9(7)12(16)18)2-4-8(13(19)20)10(6)14(21)22/h1-4H,(H2,15,17)(H2,16,18)(H,19,20)(H,21,22). The van der Waals surface area contributed by atoms with Gasteiger partial charge in [0.05, 0.1) is 22.3 Å². The van der Waals surface area contributed by atoms with E-state index in [2.05, 4.69) is 0 Å². The third-order valence-corrected chi connectivity index (χ3v) is 3.16. The summed E-state index contributed by atoms with van der Waals surface area (Å²) in [7, 11) is 0. The van der Waals surface area contributed by atoms with Crippen LogP contribution in [-0.2, 0) is 0 Å². The second-order valence-electron chi connectivity index (χ2n) is 4.41. The van der Waals surface area contributed by atoms with Crippen molar-refractivity contribution in [3.8, 4) is 0 Å². The molecule has 8 heteroatoms. The van der Waals surface area contributed by atoms with Crippen LogP contribution in [0.5, 0.6) is 0 Å². The smallest absolute Gasteiger partial charge is 0.337 e. The molecule has 6 N–H and O–H groups in total. The molecule has 0 saturated carbocycles. The maximum absolute atomic E-state index is 11.6. The van der Waals surface area contributed by atoms with Crippen molar-refractivity contribution in [2.24, 2.45) is 11.5 Å². The lowest BCUT2D eigenvalue weighted by molar-refractivity contribution is 0.0653. The number of carboxylic acid groups (broad SMARTS) is 2. The molecule has 112 valence electrons. The van der Waals surface area contributed by atoms with E-state index in [1.807, 2.05) is 0 Å². The molecule has 2 amide bonds. The fourth-order valence-electron chi connectivity index (χ4n) is 2.29. The Morgan fingerprint density at radius 3 is 1.59 bits per heavy atom. The second-order valence-corrected chi connectivity index (χ2v) is 4.41. The Morgan fingerprint density at radius 1 is 0.682 bits per heavy atom. The van der Waals surface area contributed by atoms with E-state index in [4.69, 9.17) is 16.6 Å². The molecular formula is C14H10N2O6. The summed E-state index contributed by atoms with van der Waals surface area (Å²) in [6.07, 6.45) is 0. The van der Waals surface area contributed by atoms with Crippen molar-refractivity contribution < 1.29 is 29.4 Å². The van der Waals surface area contributed by atoms with Gasteiger partial charge in [-0.25, -0.2) is 9.59 Å². The predicted molar refractivity (Wildman–Crippen MR) is 74.9 cm³/mol. The molecule has 0 heterocycles. The number of fused-ring (bicyclic) bond motifs is 1. The summed E-state index contributed by atoms with van der Waals surface area (Å²) >= 11 is 0. The highest BCUT2D eigenvalue weighted by Crippen LogP contribution is 2.28. The monoisotopic (exact) mass is 302 g/mol. The lowest BCUT2D eigenvalue weighted by atomic mass is 9.92. The van der Waals surface area contributed by atoms with Crippen molar-refractivity contribution in [1.29, 1.82) is 0 Å². The molecule has 0 radical (unpaired) electrons. The number of carboxylic acids is 2. The normalized spacial score (nSPS) is 10.4. The van der Waals surface area contributed by atoms with Crippen molar-refractivity contribution in [2.45, 2.75) is 0 Å². The van der Waals surface area contributed by atoms with Gasteiger partial charge in [0.1, 0.15) is 0 Å². The summed E-state index contributed by atoms with van der Waals surface area (Å²) in [6.45, 7) is 0. The highest BCUT2D eigenvalue weighted by molar-refractivity contribution is 6.19. The second kappa shape index (κ2) is 5.17. The average molecular weight is 302 g/mol. The van der Waals surface area contributed by atoms with Crippen LogP contribution >= 0.6 is 0 Å². The van der Waals surface area contributed by atoms with Gasteiger partial charge in [-0.05, 0) is 22.9 Å². The maximum atomic E-state index is 11.6. The number of carbonyl (C=O) groups is 4. The van der Waals surface area contributed by atoms with Gasteiger partial charge in [0.2, 0.25) is 11.8 Å². The van der Waals surface area contributed by atoms with Gasteiger partial charge in [-0.2, -0.15) is 0 Å². The Balaban J connectivity index is 3.03. The minimum atomic E-state index is -1.48. The largest absolute Gasteiger partial charge is 0.478 e. The Kier molecular flexibility index (Phi) is 3.52. The Labute approximate surface area is 122 Å². The lowest BCUT2D eigenvalue weighted by Crippen LogP contribution is -2.21. The lowest BCUT2D eigenvalue weighted by Gasteiger charge is -2.11. The van der Waals surface area contributed by atoms with Crippen molar-refractivity contribution >= 4 is 34.5 Å². The van der Waals surface area contributed by atoms with Crippen LogP contribution in [0, 0.1) is 0 Å². The summed E-state index contributed by atoms with van der Waals surface area (Å²) in [5.74, 6) is -4.79. The van der Waals surface area contributed by atoms with Crippen molar-refractivity contribution in [3.05, 3.63) is 46.5 Å². The molecule has 0 fully saturated rings. The summed E-state index contributed by atoms with van der Waals surface area (Å²) in [5.41, 5.74) is 9.04. The van der Waals surface area contributed by atoms with Gasteiger partial charge in [-0.3, -0.25) is 9.59 Å². The van der Waals surface area contributed by atoms with Gasteiger partial charge in [0, 0.05) is 0 Å². The summed E-state index contributed by atoms with van der Waals surface area (Å²) in [4.78, 5) is 45.5. The van der Waals surface area contributed by atoms with E-state index in [9.17, 15) is 24.3 Å². The molecule has 2 aromatic carbocycles. The zero-order chi connectivity index (χ0) is 16.6. The third-order valence-electron chi connectivity index (χ3n) is 3.16. The molecule has 0 saturated heterocycles. The summed E-state index contributed by atoms with van der Waals surface area (Å²) in [5, 5.41) is 18.3. The maximum Gasteiger partial charge on any atom is 0.337 e. The van der Waals surface area contributed by atoms with Crippen LogP contribution < -0.4 is 11.5 Å². The molecule has 2 rings (SSSR count). The highest BCUT2D eigenvalue weighted by atomic mass is 16.4. The van der Waals surface area contributed by atoms with Crippen LogP contribution in [0.15, 0.2) is 24.3 Å². The van der Waals surface area contributed by atoms with E-state index in [1.54, 1.807) is 0 Å². The van der Waals surface area contributed by atoms with E-state index in [0.29, 0.717) is 0 Å². The Morgan fingerprint density at radius 2 is 1.18 bits per heavy atom. The number of rotatable bonds is 4. The molecule has 22 heavy (non-hydrogen) atoms. The molecule has 0 aromatic heterocycles. The third kappa shape index (κ3) is 2.22. The number of carbonyl (C=O) groups excluding carboxylic acids is 2. The van der Waals surface area contributed by atoms with Crippen molar-refractivity contribution in [3.63, 3.8) is 0 Å². The first kappa shape index (κ1) is 15.0. The fourth-order valence-corrected chi connectivity index (χ4v) is 2.29. The first-order valence-corrected chi connectivity index (χ1v) is 5.91. The van der Waals surface area contributed by atoms with Crippen molar-refractivity contribution in [1.82, 2.24) is 0 Å². The first-order chi connectivity index (χ1) is 10.3. The molecule has 0 bridgehead atoms. The first-order valence-electron chi connectivity index (χ1n) is 5.91. The van der Waals surface area contributed by atoms with E-state index in [-0.39, 0.29) is 21.9 Å². The Bertz CT molecular complexity index is 785. The van der Waals surface area contributed by atoms with Crippen LogP contribution in [0.3, 0.4) is 0 Å². The van der Waals surface area contributed by atoms with Gasteiger partial charge < -0.3 is 21.7 Å². The van der Waals surface area contributed by atoms with Crippen LogP contribution in [0.4, 0.5) is 0 Å². The van der Waals surface area contributed by atoms with E-state index in [1.165, 1.54) is 12.1 Å². The van der Waals surface area contributed by atoms with Gasteiger partial charge >= 0.3 is 11.9 Å². The average Bonchev–Trinajstić information content (AvgIpc) is 2.43. The van der Waals surface area contributed by atoms with Crippen LogP contribution in [0.25, 0.3) is 10.8 Å². The fraction of sp³-hybridized carbons (Fsp3) is 0. The van der Waals surface area contributed by atoms with E-state index < -0.39 is 34.9 Å². The van der Waals surface area contributed by atoms with Crippen LogP contribution in [0.1, 0.15) is 41.4 Å². The number of primary amides is 2. The van der Waals surface area contributed by atoms with E-state index >= 15 is 0 Å². The number of amides is 2. The molecule has 2 aromatic rings. The van der Waals surface area contributed by atoms with Crippen LogP contribution in [-0.4, -0.2) is 34.0 Å². The molecule has 0 aliphatic heterocycles. The molecule has 0 spiro atoms. The zero-order valence-electron chi connectivity index (χ0n) is 11.0. The summed E-state index contributed by atoms with van der Waals surface area (Å²) in [6, 6.07) is 4.61. The molecule has 0 atom stereocenters. The molecular weight excluding hydrogens is 292 g/mol. The zero-order valence-corrected chi connectivity index (χ0v) is 11.0. The van der Waals surface area contributed by atoms with Crippen molar-refractivity contribution in [2.75, 3.05) is 0 Å². The van der Waals surface area contributed by atoms with Gasteiger partial charge in [-0.15, -0.1) is 0 Å². The van der Waals surface area contributed by atoms with Crippen LogP contribution in [0.2, 0.25) is 0 Å². The molecule has 0 aliphatic carbocycles. The number of hydrogen-bond donors (Lipinski definition) is 4. The minimum absolute atomic E-state index is 0.0220. The minimum Gasteiger partial charge on any atom is -0.478 e. The SMILES string of the molecule is NC(=O)c1ccc2c(C(=O)O)c(C(=O)O)ccc2c1C(N)=O. The van der Waals surface area contributed by atoms with Gasteiger partial charge in [-0.1, -0.05) is 12.1 Å². The van der Waals surface area contributed by atoms with Gasteiger partial charge in [0.15, 0.2) is 0 Å². The molecule has 0 aliphatic rings. The highest BCUT2D eigenvalue weighted by Gasteiger charge is 2.23. The Hall–Kier alpha value is -3.42. The van der Waals surface area contributed by atoms with Gasteiger partial charge in [0.25, 0.3) is 0 Å². The predicted octanol–water partition coefficient (Wildman–Crippen LogP) is 0.434. The number of nitrogens with two attached hydrogens (primary N) is 2. The number of aromatic carboxylic acids is 2. The number of benzene rings is 2. The number of hydrogen-bond acceptors (Lipinski definition) is 4. The topological polar surface area (TPSA) is 161 Å². The molecule has 0 unspecified atom stereocenters. The molecule has 8 nitrogen and oxygen atoms in total.